The molecule has 0 bridgehead atoms. The Bertz CT molecular complexity index is 518. The summed E-state index contributed by atoms with van der Waals surface area (Å²) < 4.78 is 26.7. The maximum Gasteiger partial charge on any atom is 0.355 e. The SMILES string of the molecule is COC(=O)C1=C(COC(C)=O)C[S+]([O-])C2[C@@H](OC)C(=O)N12. The molecule has 1 amide bonds. The number of carbonyl (C=O) groups excluding carboxylic acids is 3. The Morgan fingerprint density at radius 3 is 2.62 bits per heavy atom. The first-order chi connectivity index (χ1) is 9.92. The largest absolute Gasteiger partial charge is 0.614 e. The van der Waals surface area contributed by atoms with Gasteiger partial charge in [-0.1, -0.05) is 0 Å². The highest BCUT2D eigenvalue weighted by atomic mass is 32.2. The summed E-state index contributed by atoms with van der Waals surface area (Å²) in [5, 5.41) is -0.710. The number of carbonyl (C=O) groups is 3. The molecule has 3 atom stereocenters. The lowest BCUT2D eigenvalue weighted by molar-refractivity contribution is -0.163. The number of β-lactam (4-membered cyclic amide) rings is 1. The molecule has 2 aliphatic rings. The van der Waals surface area contributed by atoms with Crippen LogP contribution in [0.15, 0.2) is 11.3 Å². The number of esters is 2. The van der Waals surface area contributed by atoms with Gasteiger partial charge < -0.3 is 18.8 Å². The van der Waals surface area contributed by atoms with E-state index in [1.807, 2.05) is 0 Å². The van der Waals surface area contributed by atoms with Gasteiger partial charge in [-0.15, -0.1) is 0 Å². The van der Waals surface area contributed by atoms with Crippen molar-refractivity contribution < 1.29 is 33.1 Å². The fourth-order valence-corrected chi connectivity index (χ4v) is 3.96. The van der Waals surface area contributed by atoms with Gasteiger partial charge in [0, 0.05) is 19.6 Å². The van der Waals surface area contributed by atoms with Crippen molar-refractivity contribution in [2.45, 2.75) is 18.4 Å². The monoisotopic (exact) mass is 317 g/mol. The molecular weight excluding hydrogens is 302 g/mol. The van der Waals surface area contributed by atoms with Gasteiger partial charge in [0.05, 0.1) is 7.11 Å². The second-order valence-corrected chi connectivity index (χ2v) is 6.04. The van der Waals surface area contributed by atoms with Crippen LogP contribution >= 0.6 is 0 Å². The molecule has 9 heteroatoms. The molecule has 0 N–H and O–H groups in total. The number of hydrogen-bond donors (Lipinski definition) is 0. The van der Waals surface area contributed by atoms with Crippen molar-refractivity contribution >= 4 is 29.0 Å². The van der Waals surface area contributed by atoms with E-state index in [1.54, 1.807) is 0 Å². The summed E-state index contributed by atoms with van der Waals surface area (Å²) in [6, 6.07) is 0. The fraction of sp³-hybridized carbons (Fsp3) is 0.583. The van der Waals surface area contributed by atoms with E-state index in [0.29, 0.717) is 5.57 Å². The molecule has 0 aromatic rings. The molecule has 0 radical (unpaired) electrons. The zero-order chi connectivity index (χ0) is 15.7. The molecule has 0 aliphatic carbocycles. The summed E-state index contributed by atoms with van der Waals surface area (Å²) in [4.78, 5) is 35.9. The van der Waals surface area contributed by atoms with E-state index in [9.17, 15) is 18.9 Å². The molecule has 2 aliphatic heterocycles. The average molecular weight is 317 g/mol. The Labute approximate surface area is 124 Å². The van der Waals surface area contributed by atoms with Crippen molar-refractivity contribution in [3.63, 3.8) is 0 Å². The lowest BCUT2D eigenvalue weighted by atomic mass is 10.1. The third-order valence-corrected chi connectivity index (χ3v) is 4.87. The van der Waals surface area contributed by atoms with Gasteiger partial charge >= 0.3 is 11.9 Å². The zero-order valence-corrected chi connectivity index (χ0v) is 12.6. The van der Waals surface area contributed by atoms with Gasteiger partial charge in [0.1, 0.15) is 18.1 Å². The summed E-state index contributed by atoms with van der Waals surface area (Å²) in [6.07, 6.45) is -0.833. The number of rotatable bonds is 4. The van der Waals surface area contributed by atoms with Gasteiger partial charge in [-0.2, -0.15) is 0 Å². The van der Waals surface area contributed by atoms with Gasteiger partial charge in [0.2, 0.25) is 11.5 Å². The molecule has 0 spiro atoms. The van der Waals surface area contributed by atoms with E-state index in [-0.39, 0.29) is 18.1 Å². The maximum atomic E-state index is 12.2. The molecule has 116 valence electrons. The van der Waals surface area contributed by atoms with Crippen LogP contribution in [0.2, 0.25) is 0 Å². The van der Waals surface area contributed by atoms with Crippen LogP contribution in [0.3, 0.4) is 0 Å². The van der Waals surface area contributed by atoms with E-state index in [4.69, 9.17) is 9.47 Å². The van der Waals surface area contributed by atoms with Crippen LogP contribution in [0, 0.1) is 0 Å². The molecule has 2 rings (SSSR count). The highest BCUT2D eigenvalue weighted by molar-refractivity contribution is 7.92. The van der Waals surface area contributed by atoms with Crippen LogP contribution in [-0.2, 0) is 39.8 Å². The summed E-state index contributed by atoms with van der Waals surface area (Å²) >= 11 is -1.44. The molecule has 21 heavy (non-hydrogen) atoms. The van der Waals surface area contributed by atoms with Gasteiger partial charge in [-0.3, -0.25) is 14.5 Å². The fourth-order valence-electron chi connectivity index (χ4n) is 2.28. The summed E-state index contributed by atoms with van der Waals surface area (Å²) in [6.45, 7) is 1.01. The van der Waals surface area contributed by atoms with Crippen molar-refractivity contribution in [3.8, 4) is 0 Å². The number of hydrogen-bond acceptors (Lipinski definition) is 7. The van der Waals surface area contributed by atoms with Gasteiger partial charge in [0.25, 0.3) is 5.91 Å². The minimum absolute atomic E-state index is 0.0124. The maximum absolute atomic E-state index is 12.2. The molecule has 1 fully saturated rings. The Morgan fingerprint density at radius 1 is 1.43 bits per heavy atom. The first kappa shape index (κ1) is 15.8. The van der Waals surface area contributed by atoms with Crippen LogP contribution in [0.5, 0.6) is 0 Å². The highest BCUT2D eigenvalue weighted by Crippen LogP contribution is 2.38. The molecule has 8 nitrogen and oxygen atoms in total. The molecule has 1 saturated heterocycles. The third-order valence-electron chi connectivity index (χ3n) is 3.24. The summed E-state index contributed by atoms with van der Waals surface area (Å²) in [5.41, 5.74) is 0.288. The number of ether oxygens (including phenoxy) is 3. The minimum Gasteiger partial charge on any atom is -0.614 e. The zero-order valence-electron chi connectivity index (χ0n) is 11.8. The number of nitrogens with zero attached hydrogens (tertiary/aromatic N) is 1. The minimum atomic E-state index is -1.44. The lowest BCUT2D eigenvalue weighted by Crippen LogP contribution is -2.70. The van der Waals surface area contributed by atoms with Gasteiger partial charge in [0.15, 0.2) is 0 Å². The number of fused-ring (bicyclic) bond motifs is 1. The van der Waals surface area contributed by atoms with E-state index in [2.05, 4.69) is 4.74 Å². The van der Waals surface area contributed by atoms with Gasteiger partial charge in [-0.05, 0) is 11.2 Å². The standard InChI is InChI=1S/C12H15NO7S/c1-6(14)20-4-7-5-21(17)11-9(18-2)10(15)13(11)8(7)12(16)19-3/h9,11H,4-5H2,1-3H3/t9-,11?,21?/m0/s1. The Balaban J connectivity index is 2.35. The number of amides is 1. The average Bonchev–Trinajstić information content (AvgIpc) is 2.44. The topological polar surface area (TPSA) is 105 Å². The summed E-state index contributed by atoms with van der Waals surface area (Å²) in [7, 11) is 2.52. The Kier molecular flexibility index (Phi) is 4.55. The van der Waals surface area contributed by atoms with Crippen molar-refractivity contribution in [2.24, 2.45) is 0 Å². The lowest BCUT2D eigenvalue weighted by Gasteiger charge is -2.48. The van der Waals surface area contributed by atoms with Crippen molar-refractivity contribution in [1.82, 2.24) is 4.90 Å². The van der Waals surface area contributed by atoms with Crippen LogP contribution in [0.4, 0.5) is 0 Å². The first-order valence-corrected chi connectivity index (χ1v) is 7.47. The normalized spacial score (nSPS) is 27.9. The molecule has 0 aromatic heterocycles. The summed E-state index contributed by atoms with van der Waals surface area (Å²) in [5.74, 6) is -1.71. The molecule has 0 aromatic carbocycles. The molecular formula is C12H15NO7S. The molecule has 2 heterocycles. The van der Waals surface area contributed by atoms with Gasteiger partial charge in [-0.25, -0.2) is 4.79 Å². The van der Waals surface area contributed by atoms with Crippen molar-refractivity contribution in [2.75, 3.05) is 26.6 Å². The predicted octanol–water partition coefficient (Wildman–Crippen LogP) is -1.08. The van der Waals surface area contributed by atoms with Crippen molar-refractivity contribution in [3.05, 3.63) is 11.3 Å². The molecule has 0 saturated carbocycles. The second-order valence-electron chi connectivity index (χ2n) is 4.50. The van der Waals surface area contributed by atoms with Crippen LogP contribution in [0.1, 0.15) is 6.92 Å². The van der Waals surface area contributed by atoms with E-state index in [0.717, 1.165) is 4.90 Å². The quantitative estimate of drug-likeness (QED) is 0.369. The second kappa shape index (κ2) is 6.04. The highest BCUT2D eigenvalue weighted by Gasteiger charge is 2.61. The Morgan fingerprint density at radius 2 is 2.10 bits per heavy atom. The van der Waals surface area contributed by atoms with E-state index < -0.39 is 40.5 Å². The Hall–Kier alpha value is -1.58. The third kappa shape index (κ3) is 2.63. The number of methoxy groups -OCH3 is 2. The first-order valence-electron chi connectivity index (χ1n) is 6.09. The van der Waals surface area contributed by atoms with E-state index >= 15 is 0 Å². The predicted molar refractivity (Wildman–Crippen MR) is 70.1 cm³/mol. The molecule has 2 unspecified atom stereocenters. The smallest absolute Gasteiger partial charge is 0.355 e. The van der Waals surface area contributed by atoms with E-state index in [1.165, 1.54) is 21.1 Å². The van der Waals surface area contributed by atoms with Crippen LogP contribution < -0.4 is 0 Å². The van der Waals surface area contributed by atoms with Crippen molar-refractivity contribution in [1.29, 1.82) is 0 Å². The van der Waals surface area contributed by atoms with Crippen LogP contribution in [0.25, 0.3) is 0 Å². The van der Waals surface area contributed by atoms with Crippen LogP contribution in [-0.4, -0.2) is 65.4 Å².